The minimum atomic E-state index is -0.284. The maximum absolute atomic E-state index is 11.8. The molecule has 0 fully saturated rings. The van der Waals surface area contributed by atoms with E-state index in [1.807, 2.05) is 50.2 Å². The zero-order valence-electron chi connectivity index (χ0n) is 12.2. The summed E-state index contributed by atoms with van der Waals surface area (Å²) >= 11 is 0. The number of aryl methyl sites for hydroxylation is 2. The normalized spacial score (nSPS) is 11.2. The summed E-state index contributed by atoms with van der Waals surface area (Å²) in [5, 5.41) is 9.90. The molecule has 0 spiro atoms. The van der Waals surface area contributed by atoms with Gasteiger partial charge in [-0.05, 0) is 26.0 Å². The molecule has 0 saturated heterocycles. The Kier molecular flexibility index (Phi) is 4.77. The first-order valence-electron chi connectivity index (χ1n) is 6.74. The highest BCUT2D eigenvalue weighted by Crippen LogP contribution is 2.13. The molecule has 0 unspecified atom stereocenters. The van der Waals surface area contributed by atoms with E-state index in [1.165, 1.54) is 6.08 Å². The third-order valence-corrected chi connectivity index (χ3v) is 3.05. The molecule has 3 heteroatoms. The van der Waals surface area contributed by atoms with Gasteiger partial charge in [0.2, 0.25) is 0 Å². The maximum atomic E-state index is 11.8. The number of hydrogen-bond donors (Lipinski definition) is 1. The predicted molar refractivity (Wildman–Crippen MR) is 83.5 cm³/mol. The number of aliphatic hydroxyl groups excluding tert-OH is 1. The minimum Gasteiger partial charge on any atom is -0.507 e. The molecule has 2 aromatic carbocycles. The number of aliphatic hydroxyl groups is 1. The number of ketones is 1. The van der Waals surface area contributed by atoms with Crippen molar-refractivity contribution in [3.8, 4) is 5.75 Å². The van der Waals surface area contributed by atoms with Crippen molar-refractivity contribution in [1.29, 1.82) is 0 Å². The molecule has 108 valence electrons. The number of benzene rings is 2. The molecule has 0 aliphatic rings. The maximum Gasteiger partial charge on any atom is 0.196 e. The fourth-order valence-electron chi connectivity index (χ4n) is 1.79. The van der Waals surface area contributed by atoms with Crippen LogP contribution >= 0.6 is 0 Å². The summed E-state index contributed by atoms with van der Waals surface area (Å²) in [6.45, 7) is 3.85. The van der Waals surface area contributed by atoms with E-state index in [0.717, 1.165) is 11.1 Å². The Morgan fingerprint density at radius 2 is 1.52 bits per heavy atom. The van der Waals surface area contributed by atoms with Crippen LogP contribution in [0.2, 0.25) is 0 Å². The fourth-order valence-corrected chi connectivity index (χ4v) is 1.79. The molecule has 0 amide bonds. The Hall–Kier alpha value is -2.55. The number of ether oxygens (including phenoxy) is 1. The van der Waals surface area contributed by atoms with E-state index in [2.05, 4.69) is 0 Å². The predicted octanol–water partition coefficient (Wildman–Crippen LogP) is 3.85. The SMILES string of the molecule is Cc1ccc(OCC(=O)C=C(O)c2ccc(C)cc2)cc1. The summed E-state index contributed by atoms with van der Waals surface area (Å²) in [5.41, 5.74) is 2.84. The van der Waals surface area contributed by atoms with Gasteiger partial charge >= 0.3 is 0 Å². The monoisotopic (exact) mass is 282 g/mol. The lowest BCUT2D eigenvalue weighted by Gasteiger charge is -2.05. The van der Waals surface area contributed by atoms with Gasteiger partial charge in [-0.15, -0.1) is 0 Å². The Labute approximate surface area is 124 Å². The molecule has 0 atom stereocenters. The topological polar surface area (TPSA) is 46.5 Å². The second-order valence-corrected chi connectivity index (χ2v) is 4.96. The molecule has 21 heavy (non-hydrogen) atoms. The van der Waals surface area contributed by atoms with Gasteiger partial charge in [0.25, 0.3) is 0 Å². The molecule has 3 nitrogen and oxygen atoms in total. The molecule has 0 aliphatic heterocycles. The van der Waals surface area contributed by atoms with Crippen molar-refractivity contribution in [2.75, 3.05) is 6.61 Å². The lowest BCUT2D eigenvalue weighted by molar-refractivity contribution is -0.116. The van der Waals surface area contributed by atoms with Crippen molar-refractivity contribution in [2.45, 2.75) is 13.8 Å². The van der Waals surface area contributed by atoms with E-state index in [9.17, 15) is 9.90 Å². The van der Waals surface area contributed by atoms with Crippen molar-refractivity contribution in [2.24, 2.45) is 0 Å². The Morgan fingerprint density at radius 1 is 1.00 bits per heavy atom. The highest BCUT2D eigenvalue weighted by atomic mass is 16.5. The first-order chi connectivity index (χ1) is 10.0. The molecule has 0 bridgehead atoms. The lowest BCUT2D eigenvalue weighted by atomic mass is 10.1. The Bertz CT molecular complexity index is 637. The number of carbonyl (C=O) groups is 1. The quantitative estimate of drug-likeness (QED) is 0.669. The van der Waals surface area contributed by atoms with Crippen molar-refractivity contribution < 1.29 is 14.6 Å². The number of carbonyl (C=O) groups excluding carboxylic acids is 1. The molecule has 0 heterocycles. The average Bonchev–Trinajstić information content (AvgIpc) is 2.47. The zero-order valence-corrected chi connectivity index (χ0v) is 12.2. The first kappa shape index (κ1) is 14.9. The minimum absolute atomic E-state index is 0.0486. The van der Waals surface area contributed by atoms with Crippen LogP contribution in [-0.2, 0) is 4.79 Å². The summed E-state index contributed by atoms with van der Waals surface area (Å²) in [4.78, 5) is 11.8. The second kappa shape index (κ2) is 6.75. The van der Waals surface area contributed by atoms with E-state index in [4.69, 9.17) is 4.74 Å². The Morgan fingerprint density at radius 3 is 2.10 bits per heavy atom. The largest absolute Gasteiger partial charge is 0.507 e. The van der Waals surface area contributed by atoms with Crippen LogP contribution in [0.25, 0.3) is 5.76 Å². The van der Waals surface area contributed by atoms with E-state index in [-0.39, 0.29) is 18.1 Å². The third kappa shape index (κ3) is 4.49. The van der Waals surface area contributed by atoms with Crippen LogP contribution in [0, 0.1) is 13.8 Å². The van der Waals surface area contributed by atoms with E-state index < -0.39 is 0 Å². The van der Waals surface area contributed by atoms with Crippen LogP contribution in [-0.4, -0.2) is 17.5 Å². The fraction of sp³-hybridized carbons (Fsp3) is 0.167. The molecular formula is C18H18O3. The van der Waals surface area contributed by atoms with Gasteiger partial charge in [0, 0.05) is 11.6 Å². The van der Waals surface area contributed by atoms with Crippen LogP contribution < -0.4 is 4.74 Å². The molecule has 2 aromatic rings. The van der Waals surface area contributed by atoms with Gasteiger partial charge in [-0.25, -0.2) is 0 Å². The van der Waals surface area contributed by atoms with Crippen LogP contribution in [0.3, 0.4) is 0 Å². The molecular weight excluding hydrogens is 264 g/mol. The van der Waals surface area contributed by atoms with Gasteiger partial charge in [0.15, 0.2) is 12.4 Å². The van der Waals surface area contributed by atoms with Crippen molar-refractivity contribution >= 4 is 11.5 Å². The molecule has 0 aromatic heterocycles. The van der Waals surface area contributed by atoms with Crippen molar-refractivity contribution in [3.05, 3.63) is 71.3 Å². The third-order valence-electron chi connectivity index (χ3n) is 3.05. The van der Waals surface area contributed by atoms with Crippen molar-refractivity contribution in [3.63, 3.8) is 0 Å². The summed E-state index contributed by atoms with van der Waals surface area (Å²) in [6, 6.07) is 14.8. The highest BCUT2D eigenvalue weighted by Gasteiger charge is 2.04. The van der Waals surface area contributed by atoms with Gasteiger partial charge in [-0.1, -0.05) is 47.5 Å². The molecule has 1 N–H and O–H groups in total. The van der Waals surface area contributed by atoms with Crippen LogP contribution in [0.4, 0.5) is 0 Å². The number of rotatable bonds is 5. The van der Waals surface area contributed by atoms with Gasteiger partial charge in [-0.3, -0.25) is 4.79 Å². The zero-order chi connectivity index (χ0) is 15.2. The summed E-state index contributed by atoms with van der Waals surface area (Å²) in [5.74, 6) is 0.304. The van der Waals surface area contributed by atoms with Crippen LogP contribution in [0.1, 0.15) is 16.7 Å². The second-order valence-electron chi connectivity index (χ2n) is 4.96. The van der Waals surface area contributed by atoms with Gasteiger partial charge in [-0.2, -0.15) is 0 Å². The first-order valence-corrected chi connectivity index (χ1v) is 6.74. The highest BCUT2D eigenvalue weighted by molar-refractivity contribution is 5.96. The standard InChI is InChI=1S/C18H18O3/c1-13-3-7-15(8-4-13)18(20)11-16(19)12-21-17-9-5-14(2)6-10-17/h3-11,20H,12H2,1-2H3. The van der Waals surface area contributed by atoms with Gasteiger partial charge < -0.3 is 9.84 Å². The molecule has 2 rings (SSSR count). The van der Waals surface area contributed by atoms with E-state index in [1.54, 1.807) is 12.1 Å². The lowest BCUT2D eigenvalue weighted by Crippen LogP contribution is -2.09. The summed E-state index contributed by atoms with van der Waals surface area (Å²) in [6.07, 6.45) is 1.19. The molecule has 0 saturated carbocycles. The van der Waals surface area contributed by atoms with Crippen LogP contribution in [0.15, 0.2) is 54.6 Å². The molecule has 0 radical (unpaired) electrons. The average molecular weight is 282 g/mol. The Balaban J connectivity index is 1.95. The molecule has 0 aliphatic carbocycles. The summed E-state index contributed by atoms with van der Waals surface area (Å²) in [7, 11) is 0. The number of hydrogen-bond acceptors (Lipinski definition) is 3. The van der Waals surface area contributed by atoms with Crippen LogP contribution in [0.5, 0.6) is 5.75 Å². The van der Waals surface area contributed by atoms with Crippen molar-refractivity contribution in [1.82, 2.24) is 0 Å². The smallest absolute Gasteiger partial charge is 0.196 e. The van der Waals surface area contributed by atoms with E-state index >= 15 is 0 Å². The van der Waals surface area contributed by atoms with Gasteiger partial charge in [0.1, 0.15) is 11.5 Å². The van der Waals surface area contributed by atoms with E-state index in [0.29, 0.717) is 11.3 Å². The summed E-state index contributed by atoms with van der Waals surface area (Å²) < 4.78 is 5.37. The van der Waals surface area contributed by atoms with Gasteiger partial charge in [0.05, 0.1) is 0 Å².